The van der Waals surface area contributed by atoms with E-state index in [9.17, 15) is 0 Å². The Balaban J connectivity index is 2.05. The first-order valence-electron chi connectivity index (χ1n) is 7.50. The minimum Gasteiger partial charge on any atom is -0.334 e. The minimum absolute atomic E-state index is 0.375. The summed E-state index contributed by atoms with van der Waals surface area (Å²) in [7, 11) is 0. The van der Waals surface area contributed by atoms with E-state index in [1.165, 1.54) is 22.5 Å². The summed E-state index contributed by atoms with van der Waals surface area (Å²) >= 11 is 0. The van der Waals surface area contributed by atoms with Gasteiger partial charge < -0.3 is 4.90 Å². The van der Waals surface area contributed by atoms with Crippen LogP contribution in [0.3, 0.4) is 0 Å². The van der Waals surface area contributed by atoms with Crippen molar-refractivity contribution in [1.29, 1.82) is 0 Å². The average Bonchev–Trinajstić information content (AvgIpc) is 2.53. The first-order chi connectivity index (χ1) is 10.3. The summed E-state index contributed by atoms with van der Waals surface area (Å²) in [4.78, 5) is 2.42. The van der Waals surface area contributed by atoms with Gasteiger partial charge in [0, 0.05) is 11.4 Å². The van der Waals surface area contributed by atoms with Crippen molar-refractivity contribution in [1.82, 2.24) is 0 Å². The summed E-state index contributed by atoms with van der Waals surface area (Å²) in [5, 5.41) is 0. The number of anilines is 2. The van der Waals surface area contributed by atoms with E-state index in [4.69, 9.17) is 0 Å². The lowest BCUT2D eigenvalue weighted by atomic mass is 10.0. The van der Waals surface area contributed by atoms with Crippen LogP contribution in [0.5, 0.6) is 0 Å². The maximum atomic E-state index is 2.42. The summed E-state index contributed by atoms with van der Waals surface area (Å²) in [6, 6.07) is 17.7. The van der Waals surface area contributed by atoms with Crippen molar-refractivity contribution < 1.29 is 0 Å². The summed E-state index contributed by atoms with van der Waals surface area (Å²) < 4.78 is 0. The molecule has 0 aromatic heterocycles. The molecule has 0 aliphatic heterocycles. The zero-order valence-electron chi connectivity index (χ0n) is 12.7. The van der Waals surface area contributed by atoms with Gasteiger partial charge in [0.05, 0.1) is 6.04 Å². The van der Waals surface area contributed by atoms with Crippen molar-refractivity contribution in [2.24, 2.45) is 0 Å². The first kappa shape index (κ1) is 13.7. The van der Waals surface area contributed by atoms with Crippen molar-refractivity contribution in [2.45, 2.75) is 26.3 Å². The molecule has 0 radical (unpaired) electrons. The van der Waals surface area contributed by atoms with E-state index in [2.05, 4.69) is 91.6 Å². The zero-order chi connectivity index (χ0) is 14.7. The van der Waals surface area contributed by atoms with Gasteiger partial charge in [0.2, 0.25) is 0 Å². The predicted molar refractivity (Wildman–Crippen MR) is 91.2 cm³/mol. The van der Waals surface area contributed by atoms with Gasteiger partial charge in [0.25, 0.3) is 0 Å². The number of aryl methyl sites for hydroxylation is 2. The van der Waals surface area contributed by atoms with Crippen molar-refractivity contribution in [3.05, 3.63) is 84.0 Å². The largest absolute Gasteiger partial charge is 0.334 e. The maximum Gasteiger partial charge on any atom is 0.0559 e. The van der Waals surface area contributed by atoms with Crippen LogP contribution in [0.25, 0.3) is 0 Å². The third kappa shape index (κ3) is 2.92. The van der Waals surface area contributed by atoms with Gasteiger partial charge in [-0.2, -0.15) is 0 Å². The maximum absolute atomic E-state index is 2.42. The Bertz CT molecular complexity index is 667. The van der Waals surface area contributed by atoms with Gasteiger partial charge in [-0.3, -0.25) is 0 Å². The highest BCUT2D eigenvalue weighted by Crippen LogP contribution is 2.31. The Morgan fingerprint density at radius 1 is 0.857 bits per heavy atom. The van der Waals surface area contributed by atoms with Crippen LogP contribution < -0.4 is 4.90 Å². The van der Waals surface area contributed by atoms with Crippen LogP contribution in [-0.2, 0) is 0 Å². The fraction of sp³-hybridized carbons (Fsp3) is 0.200. The van der Waals surface area contributed by atoms with Crippen LogP contribution in [0, 0.1) is 13.8 Å². The van der Waals surface area contributed by atoms with E-state index < -0.39 is 0 Å². The first-order valence-corrected chi connectivity index (χ1v) is 7.50. The SMILES string of the molecule is Cc1ccc(N(c2ccccc2)C2C=CC=CC2)cc1C. The third-order valence-corrected chi connectivity index (χ3v) is 4.09. The molecule has 1 atom stereocenters. The number of rotatable bonds is 3. The standard InChI is InChI=1S/C20H21N/c1-16-13-14-20(15-17(16)2)21(18-9-5-3-6-10-18)19-11-7-4-8-12-19/h3-11,13-15,19H,12H2,1-2H3. The highest BCUT2D eigenvalue weighted by molar-refractivity contribution is 5.66. The molecule has 2 aromatic carbocycles. The monoisotopic (exact) mass is 275 g/mol. The van der Waals surface area contributed by atoms with Gasteiger partial charge >= 0.3 is 0 Å². The Morgan fingerprint density at radius 3 is 2.33 bits per heavy atom. The molecule has 0 saturated heterocycles. The Kier molecular flexibility index (Phi) is 3.92. The molecule has 0 bridgehead atoms. The highest BCUT2D eigenvalue weighted by Gasteiger charge is 2.18. The molecule has 1 aliphatic carbocycles. The van der Waals surface area contributed by atoms with E-state index in [-0.39, 0.29) is 0 Å². The van der Waals surface area contributed by atoms with Crippen LogP contribution in [-0.4, -0.2) is 6.04 Å². The van der Waals surface area contributed by atoms with Gasteiger partial charge in [0.15, 0.2) is 0 Å². The zero-order valence-corrected chi connectivity index (χ0v) is 12.7. The second-order valence-electron chi connectivity index (χ2n) is 5.59. The smallest absolute Gasteiger partial charge is 0.0559 e. The molecule has 2 aromatic rings. The molecule has 0 saturated carbocycles. The third-order valence-electron chi connectivity index (χ3n) is 4.09. The van der Waals surface area contributed by atoms with E-state index in [1.54, 1.807) is 0 Å². The number of benzene rings is 2. The van der Waals surface area contributed by atoms with Gasteiger partial charge in [0.1, 0.15) is 0 Å². The molecule has 0 heterocycles. The lowest BCUT2D eigenvalue weighted by Gasteiger charge is -2.33. The summed E-state index contributed by atoms with van der Waals surface area (Å²) in [5.41, 5.74) is 5.18. The van der Waals surface area contributed by atoms with Gasteiger partial charge in [-0.25, -0.2) is 0 Å². The molecule has 0 amide bonds. The van der Waals surface area contributed by atoms with E-state index in [0.717, 1.165) is 6.42 Å². The molecule has 0 N–H and O–H groups in total. The molecular formula is C20H21N. The van der Waals surface area contributed by atoms with Crippen LogP contribution in [0.1, 0.15) is 17.5 Å². The molecule has 3 rings (SSSR count). The molecule has 1 nitrogen and oxygen atoms in total. The molecule has 21 heavy (non-hydrogen) atoms. The fourth-order valence-corrected chi connectivity index (χ4v) is 2.76. The summed E-state index contributed by atoms with van der Waals surface area (Å²) in [6.45, 7) is 4.34. The molecule has 1 heteroatoms. The Morgan fingerprint density at radius 2 is 1.67 bits per heavy atom. The van der Waals surface area contributed by atoms with Crippen LogP contribution in [0.15, 0.2) is 72.8 Å². The second-order valence-corrected chi connectivity index (χ2v) is 5.59. The van der Waals surface area contributed by atoms with Crippen LogP contribution in [0.4, 0.5) is 11.4 Å². The van der Waals surface area contributed by atoms with Crippen molar-refractivity contribution >= 4 is 11.4 Å². The molecule has 1 unspecified atom stereocenters. The molecule has 0 spiro atoms. The number of allylic oxidation sites excluding steroid dienone is 2. The van der Waals surface area contributed by atoms with Crippen molar-refractivity contribution in [3.63, 3.8) is 0 Å². The fourth-order valence-electron chi connectivity index (χ4n) is 2.76. The topological polar surface area (TPSA) is 3.24 Å². The van der Waals surface area contributed by atoms with Crippen LogP contribution in [0.2, 0.25) is 0 Å². The van der Waals surface area contributed by atoms with E-state index in [0.29, 0.717) is 6.04 Å². The quantitative estimate of drug-likeness (QED) is 0.732. The Hall–Kier alpha value is -2.28. The minimum atomic E-state index is 0.375. The van der Waals surface area contributed by atoms with Crippen LogP contribution >= 0.6 is 0 Å². The molecule has 106 valence electrons. The van der Waals surface area contributed by atoms with Gasteiger partial charge in [-0.15, -0.1) is 0 Å². The van der Waals surface area contributed by atoms with E-state index >= 15 is 0 Å². The van der Waals surface area contributed by atoms with Gasteiger partial charge in [-0.1, -0.05) is 48.6 Å². The average molecular weight is 275 g/mol. The summed E-state index contributed by atoms with van der Waals surface area (Å²) in [6.07, 6.45) is 9.83. The normalized spacial score (nSPS) is 17.0. The number of para-hydroxylation sites is 1. The molecule has 0 fully saturated rings. The van der Waals surface area contributed by atoms with E-state index in [1.807, 2.05) is 0 Å². The highest BCUT2D eigenvalue weighted by atomic mass is 15.2. The molecular weight excluding hydrogens is 254 g/mol. The summed E-state index contributed by atoms with van der Waals surface area (Å²) in [5.74, 6) is 0. The Labute approximate surface area is 127 Å². The number of hydrogen-bond donors (Lipinski definition) is 0. The van der Waals surface area contributed by atoms with Gasteiger partial charge in [-0.05, 0) is 55.7 Å². The lowest BCUT2D eigenvalue weighted by Crippen LogP contribution is -2.29. The molecule has 1 aliphatic rings. The predicted octanol–water partition coefficient (Wildman–Crippen LogP) is 5.33. The van der Waals surface area contributed by atoms with Crippen molar-refractivity contribution in [2.75, 3.05) is 4.90 Å². The second kappa shape index (κ2) is 6.01. The lowest BCUT2D eigenvalue weighted by molar-refractivity contribution is 0.784. The number of nitrogens with zero attached hydrogens (tertiary/aromatic N) is 1. The van der Waals surface area contributed by atoms with Crippen molar-refractivity contribution in [3.8, 4) is 0 Å². The number of hydrogen-bond acceptors (Lipinski definition) is 1.